The minimum atomic E-state index is -0.501. The molecule has 0 saturated carbocycles. The van der Waals surface area contributed by atoms with Crippen LogP contribution in [-0.2, 0) is 11.3 Å². The Morgan fingerprint density at radius 1 is 1.30 bits per heavy atom. The molecule has 0 fully saturated rings. The number of nitro groups is 1. The van der Waals surface area contributed by atoms with E-state index in [0.717, 1.165) is 10.2 Å². The van der Waals surface area contributed by atoms with Crippen molar-refractivity contribution < 1.29 is 9.72 Å². The summed E-state index contributed by atoms with van der Waals surface area (Å²) in [6.45, 7) is 2.34. The number of halogens is 3. The largest absolute Gasteiger partial charge is 0.324 e. The fraction of sp³-hybridized carbons (Fsp3) is 0.231. The van der Waals surface area contributed by atoms with E-state index in [2.05, 4.69) is 58.2 Å². The molecule has 1 aromatic carbocycles. The van der Waals surface area contributed by atoms with Gasteiger partial charge >= 0.3 is 0 Å². The van der Waals surface area contributed by atoms with Crippen LogP contribution in [0.2, 0.25) is 0 Å². The van der Waals surface area contributed by atoms with Crippen LogP contribution in [0.4, 0.5) is 11.4 Å². The zero-order valence-electron chi connectivity index (χ0n) is 11.8. The van der Waals surface area contributed by atoms with E-state index in [0.29, 0.717) is 21.2 Å². The summed E-state index contributed by atoms with van der Waals surface area (Å²) >= 11 is 9.83. The van der Waals surface area contributed by atoms with E-state index in [1.54, 1.807) is 10.9 Å². The van der Waals surface area contributed by atoms with Gasteiger partial charge in [-0.2, -0.15) is 5.10 Å². The first-order valence-electron chi connectivity index (χ1n) is 6.40. The van der Waals surface area contributed by atoms with Crippen molar-refractivity contribution in [1.82, 2.24) is 9.78 Å². The minimum Gasteiger partial charge on any atom is -0.324 e. The number of non-ortho nitro benzene ring substituents is 1. The Labute approximate surface area is 157 Å². The summed E-state index contributed by atoms with van der Waals surface area (Å²) in [6.07, 6.45) is 1.90. The molecule has 1 heterocycles. The lowest BCUT2D eigenvalue weighted by Gasteiger charge is -2.10. The van der Waals surface area contributed by atoms with Crippen LogP contribution >= 0.6 is 47.8 Å². The van der Waals surface area contributed by atoms with Gasteiger partial charge in [-0.3, -0.25) is 19.6 Å². The third kappa shape index (κ3) is 4.39. The minimum absolute atomic E-state index is 0.0706. The van der Waals surface area contributed by atoms with E-state index in [4.69, 9.17) is 0 Å². The number of aryl methyl sites for hydroxylation is 1. The average Bonchev–Trinajstić information content (AvgIpc) is 2.80. The number of nitrogens with zero attached hydrogens (tertiary/aromatic N) is 3. The van der Waals surface area contributed by atoms with E-state index in [1.165, 1.54) is 12.1 Å². The van der Waals surface area contributed by atoms with Gasteiger partial charge < -0.3 is 5.32 Å². The zero-order valence-corrected chi connectivity index (χ0v) is 16.6. The molecule has 7 nitrogen and oxygen atoms in total. The highest BCUT2D eigenvalue weighted by molar-refractivity contribution is 9.11. The third-order valence-electron chi connectivity index (χ3n) is 3.10. The SMILES string of the molecule is Cc1c(Br)cnn1CCC(=O)Nc1c(Br)cc([N+](=O)[O-])cc1Br. The van der Waals surface area contributed by atoms with Crippen LogP contribution in [0.5, 0.6) is 0 Å². The summed E-state index contributed by atoms with van der Waals surface area (Å²) in [5, 5.41) is 17.7. The number of benzene rings is 1. The molecule has 1 amide bonds. The lowest BCUT2D eigenvalue weighted by molar-refractivity contribution is -0.385. The van der Waals surface area contributed by atoms with E-state index < -0.39 is 4.92 Å². The molecule has 0 aliphatic carbocycles. The monoisotopic (exact) mass is 508 g/mol. The molecule has 0 saturated heterocycles. The predicted molar refractivity (Wildman–Crippen MR) is 96.4 cm³/mol. The van der Waals surface area contributed by atoms with Crippen LogP contribution in [0.15, 0.2) is 31.7 Å². The van der Waals surface area contributed by atoms with Gasteiger partial charge in [0.2, 0.25) is 5.91 Å². The summed E-state index contributed by atoms with van der Waals surface area (Å²) in [5.41, 5.74) is 1.33. The second kappa shape index (κ2) is 7.54. The normalized spacial score (nSPS) is 10.6. The molecule has 0 spiro atoms. The molecule has 0 atom stereocenters. The van der Waals surface area contributed by atoms with Crippen LogP contribution in [0, 0.1) is 17.0 Å². The zero-order chi connectivity index (χ0) is 17.1. The fourth-order valence-electron chi connectivity index (χ4n) is 1.84. The molecule has 1 aromatic heterocycles. The van der Waals surface area contributed by atoms with Crippen molar-refractivity contribution in [2.24, 2.45) is 0 Å². The van der Waals surface area contributed by atoms with Crippen LogP contribution in [0.1, 0.15) is 12.1 Å². The Bertz CT molecular complexity index is 753. The summed E-state index contributed by atoms with van der Waals surface area (Å²) in [7, 11) is 0. The quantitative estimate of drug-likeness (QED) is 0.476. The van der Waals surface area contributed by atoms with Crippen LogP contribution in [0.3, 0.4) is 0 Å². The lowest BCUT2D eigenvalue weighted by Crippen LogP contribution is -2.16. The topological polar surface area (TPSA) is 90.1 Å². The highest BCUT2D eigenvalue weighted by Gasteiger charge is 2.16. The highest BCUT2D eigenvalue weighted by atomic mass is 79.9. The van der Waals surface area contributed by atoms with Crippen LogP contribution in [0.25, 0.3) is 0 Å². The van der Waals surface area contributed by atoms with Crippen LogP contribution in [-0.4, -0.2) is 20.6 Å². The molecular formula is C13H11Br3N4O3. The van der Waals surface area contributed by atoms with Crippen molar-refractivity contribution >= 4 is 65.1 Å². The molecule has 0 bridgehead atoms. The highest BCUT2D eigenvalue weighted by Crippen LogP contribution is 2.35. The third-order valence-corrected chi connectivity index (χ3v) is 5.13. The number of rotatable bonds is 5. The number of hydrogen-bond acceptors (Lipinski definition) is 4. The Balaban J connectivity index is 2.06. The van der Waals surface area contributed by atoms with Crippen molar-refractivity contribution in [3.8, 4) is 0 Å². The van der Waals surface area contributed by atoms with Crippen molar-refractivity contribution in [3.63, 3.8) is 0 Å². The summed E-state index contributed by atoms with van der Waals surface area (Å²) < 4.78 is 3.48. The Morgan fingerprint density at radius 3 is 2.39 bits per heavy atom. The van der Waals surface area contributed by atoms with E-state index >= 15 is 0 Å². The summed E-state index contributed by atoms with van der Waals surface area (Å²) in [6, 6.07) is 2.68. The van der Waals surface area contributed by atoms with Crippen molar-refractivity contribution in [1.29, 1.82) is 0 Å². The van der Waals surface area contributed by atoms with Gasteiger partial charge in [-0.1, -0.05) is 0 Å². The molecule has 122 valence electrons. The molecule has 0 unspecified atom stereocenters. The van der Waals surface area contributed by atoms with Gasteiger partial charge in [-0.15, -0.1) is 0 Å². The van der Waals surface area contributed by atoms with Gasteiger partial charge in [0.15, 0.2) is 0 Å². The average molecular weight is 511 g/mol. The van der Waals surface area contributed by atoms with Gasteiger partial charge in [0.1, 0.15) is 0 Å². The van der Waals surface area contributed by atoms with Crippen LogP contribution < -0.4 is 5.32 Å². The molecule has 23 heavy (non-hydrogen) atoms. The van der Waals surface area contributed by atoms with Crippen molar-refractivity contribution in [3.05, 3.63) is 47.6 Å². The Kier molecular flexibility index (Phi) is 5.93. The standard InChI is InChI=1S/C13H11Br3N4O3/c1-7-11(16)6-17-19(7)3-2-12(21)18-13-9(14)4-8(20(22)23)5-10(13)15/h4-6H,2-3H2,1H3,(H,18,21). The maximum absolute atomic E-state index is 12.1. The lowest BCUT2D eigenvalue weighted by atomic mass is 10.2. The first kappa shape index (κ1) is 18.1. The summed E-state index contributed by atoms with van der Waals surface area (Å²) in [4.78, 5) is 22.4. The number of carbonyl (C=O) groups excluding carboxylic acids is 1. The Morgan fingerprint density at radius 2 is 1.91 bits per heavy atom. The van der Waals surface area contributed by atoms with Gasteiger partial charge in [0.05, 0.1) is 27.8 Å². The molecule has 10 heteroatoms. The van der Waals surface area contributed by atoms with Gasteiger partial charge in [-0.25, -0.2) is 0 Å². The van der Waals surface area contributed by atoms with Gasteiger partial charge in [-0.05, 0) is 54.7 Å². The Hall–Kier alpha value is -1.26. The molecule has 2 rings (SSSR count). The van der Waals surface area contributed by atoms with E-state index in [-0.39, 0.29) is 18.0 Å². The van der Waals surface area contributed by atoms with Crippen molar-refractivity contribution in [2.45, 2.75) is 19.9 Å². The fourth-order valence-corrected chi connectivity index (χ4v) is 3.50. The van der Waals surface area contributed by atoms with Crippen molar-refractivity contribution in [2.75, 3.05) is 5.32 Å². The molecule has 0 aliphatic rings. The molecule has 0 aliphatic heterocycles. The van der Waals surface area contributed by atoms with E-state index in [1.807, 2.05) is 6.92 Å². The number of hydrogen-bond donors (Lipinski definition) is 1. The maximum Gasteiger partial charge on any atom is 0.271 e. The molecule has 2 aromatic rings. The maximum atomic E-state index is 12.1. The second-order valence-corrected chi connectivity index (χ2v) is 7.20. The number of nitrogens with one attached hydrogen (secondary N) is 1. The smallest absolute Gasteiger partial charge is 0.271 e. The number of anilines is 1. The number of amides is 1. The second-order valence-electron chi connectivity index (χ2n) is 4.64. The van der Waals surface area contributed by atoms with E-state index in [9.17, 15) is 14.9 Å². The summed E-state index contributed by atoms with van der Waals surface area (Å²) in [5.74, 6) is -0.216. The number of nitro benzene ring substituents is 1. The first-order valence-corrected chi connectivity index (χ1v) is 8.78. The first-order chi connectivity index (χ1) is 10.8. The van der Waals surface area contributed by atoms with Gasteiger partial charge in [0, 0.05) is 33.2 Å². The number of carbonyl (C=O) groups is 1. The molecule has 0 radical (unpaired) electrons. The predicted octanol–water partition coefficient (Wildman–Crippen LogP) is 4.42. The molecule has 1 N–H and O–H groups in total. The number of aromatic nitrogens is 2. The molecular weight excluding hydrogens is 500 g/mol. The van der Waals surface area contributed by atoms with Gasteiger partial charge in [0.25, 0.3) is 5.69 Å².